The fourth-order valence-electron chi connectivity index (χ4n) is 2.23. The number of pyridine rings is 1. The molecule has 0 aliphatic carbocycles. The Bertz CT molecular complexity index is 796. The van der Waals surface area contributed by atoms with Gasteiger partial charge in [-0.1, -0.05) is 23.7 Å². The third-order valence-electron chi connectivity index (χ3n) is 3.52. The lowest BCUT2D eigenvalue weighted by Gasteiger charge is -2.07. The van der Waals surface area contributed by atoms with E-state index in [0.29, 0.717) is 17.6 Å². The molecule has 0 saturated heterocycles. The smallest absolute Gasteiger partial charge is 0.240 e. The minimum atomic E-state index is -0.266. The average Bonchev–Trinajstić information content (AvgIpc) is 2.74. The third kappa shape index (κ3) is 2.72. The first-order valence-electron chi connectivity index (χ1n) is 6.57. The highest BCUT2D eigenvalue weighted by molar-refractivity contribution is 6.30. The molecule has 0 bridgehead atoms. The molecule has 3 nitrogen and oxygen atoms in total. The summed E-state index contributed by atoms with van der Waals surface area (Å²) in [5, 5.41) is 1.39. The highest BCUT2D eigenvalue weighted by atomic mass is 35.5. The number of aromatic amines is 1. The van der Waals surface area contributed by atoms with Gasteiger partial charge in [-0.2, -0.15) is 4.98 Å². The van der Waals surface area contributed by atoms with Gasteiger partial charge in [0.15, 0.2) is 0 Å². The number of fused-ring (bicyclic) bond motifs is 1. The molecule has 0 aliphatic heterocycles. The standard InChI is InChI=1S/C16H14ClFN2O/c1-9-10(2)19-15-13(9)7-14(17)20-16(15)21-8-11-3-5-12(18)6-4-11/h3-7,19H,8H2,1-2H3. The largest absolute Gasteiger partial charge is 0.471 e. The molecule has 0 saturated carbocycles. The van der Waals surface area contributed by atoms with E-state index in [-0.39, 0.29) is 5.82 Å². The topological polar surface area (TPSA) is 37.9 Å². The molecule has 5 heteroatoms. The van der Waals surface area contributed by atoms with Gasteiger partial charge in [-0.05, 0) is 43.2 Å². The summed E-state index contributed by atoms with van der Waals surface area (Å²) in [4.78, 5) is 7.49. The second kappa shape index (κ2) is 5.37. The highest BCUT2D eigenvalue weighted by Gasteiger charge is 2.12. The number of hydrogen-bond acceptors (Lipinski definition) is 2. The van der Waals surface area contributed by atoms with Crippen molar-refractivity contribution in [2.45, 2.75) is 20.5 Å². The number of rotatable bonds is 3. The predicted octanol–water partition coefficient (Wildman–Crippen LogP) is 4.55. The minimum absolute atomic E-state index is 0.266. The Kier molecular flexibility index (Phi) is 3.55. The van der Waals surface area contributed by atoms with E-state index in [1.807, 2.05) is 19.9 Å². The van der Waals surface area contributed by atoms with Crippen molar-refractivity contribution >= 4 is 22.5 Å². The Balaban J connectivity index is 1.93. The number of nitrogens with one attached hydrogen (secondary N) is 1. The maximum absolute atomic E-state index is 12.9. The molecule has 1 N–H and O–H groups in total. The van der Waals surface area contributed by atoms with Crippen molar-refractivity contribution < 1.29 is 9.13 Å². The van der Waals surface area contributed by atoms with Crippen molar-refractivity contribution in [3.63, 3.8) is 0 Å². The molecule has 3 rings (SSSR count). The summed E-state index contributed by atoms with van der Waals surface area (Å²) in [6.45, 7) is 4.32. The molecule has 108 valence electrons. The first-order valence-corrected chi connectivity index (χ1v) is 6.95. The van der Waals surface area contributed by atoms with Crippen molar-refractivity contribution in [1.29, 1.82) is 0 Å². The van der Waals surface area contributed by atoms with Crippen LogP contribution in [0.4, 0.5) is 4.39 Å². The summed E-state index contributed by atoms with van der Waals surface area (Å²) in [6.07, 6.45) is 0. The van der Waals surface area contributed by atoms with Gasteiger partial charge in [0.1, 0.15) is 23.1 Å². The molecule has 3 aromatic rings. The van der Waals surface area contributed by atoms with Crippen LogP contribution in [0.3, 0.4) is 0 Å². The van der Waals surface area contributed by atoms with Gasteiger partial charge < -0.3 is 9.72 Å². The fraction of sp³-hybridized carbons (Fsp3) is 0.188. The van der Waals surface area contributed by atoms with Gasteiger partial charge in [0, 0.05) is 11.1 Å². The number of halogens is 2. The van der Waals surface area contributed by atoms with Crippen LogP contribution >= 0.6 is 11.6 Å². The van der Waals surface area contributed by atoms with Crippen molar-refractivity contribution in [3.8, 4) is 5.88 Å². The van der Waals surface area contributed by atoms with E-state index in [4.69, 9.17) is 16.3 Å². The van der Waals surface area contributed by atoms with Crippen LogP contribution < -0.4 is 4.74 Å². The van der Waals surface area contributed by atoms with E-state index in [0.717, 1.165) is 27.7 Å². The van der Waals surface area contributed by atoms with Crippen LogP contribution in [0.2, 0.25) is 5.15 Å². The first kappa shape index (κ1) is 13.9. The van der Waals surface area contributed by atoms with Crippen molar-refractivity contribution in [1.82, 2.24) is 9.97 Å². The molecular weight excluding hydrogens is 291 g/mol. The molecule has 2 aromatic heterocycles. The van der Waals surface area contributed by atoms with E-state index in [2.05, 4.69) is 9.97 Å². The number of H-pyrrole nitrogens is 1. The first-order chi connectivity index (χ1) is 10.0. The fourth-order valence-corrected chi connectivity index (χ4v) is 2.41. The molecule has 0 radical (unpaired) electrons. The molecule has 0 amide bonds. The summed E-state index contributed by atoms with van der Waals surface area (Å²) in [5.74, 6) is 0.190. The zero-order valence-corrected chi connectivity index (χ0v) is 12.5. The lowest BCUT2D eigenvalue weighted by molar-refractivity contribution is 0.297. The molecule has 0 atom stereocenters. The normalized spacial score (nSPS) is 11.0. The Morgan fingerprint density at radius 2 is 1.95 bits per heavy atom. The Labute approximate surface area is 126 Å². The van der Waals surface area contributed by atoms with E-state index in [1.165, 1.54) is 12.1 Å². The maximum atomic E-state index is 12.9. The van der Waals surface area contributed by atoms with Crippen molar-refractivity contribution in [2.24, 2.45) is 0 Å². The van der Waals surface area contributed by atoms with E-state index in [1.54, 1.807) is 12.1 Å². The molecule has 21 heavy (non-hydrogen) atoms. The summed E-state index contributed by atoms with van der Waals surface area (Å²) < 4.78 is 18.6. The Morgan fingerprint density at radius 1 is 1.24 bits per heavy atom. The van der Waals surface area contributed by atoms with Crippen molar-refractivity contribution in [3.05, 3.63) is 58.1 Å². The number of aromatic nitrogens is 2. The van der Waals surface area contributed by atoms with Gasteiger partial charge in [0.25, 0.3) is 0 Å². The van der Waals surface area contributed by atoms with E-state index >= 15 is 0 Å². The third-order valence-corrected chi connectivity index (χ3v) is 3.72. The summed E-state index contributed by atoms with van der Waals surface area (Å²) in [7, 11) is 0. The second-order valence-electron chi connectivity index (χ2n) is 4.96. The van der Waals surface area contributed by atoms with Crippen LogP contribution in [0.5, 0.6) is 5.88 Å². The minimum Gasteiger partial charge on any atom is -0.471 e. The molecule has 0 spiro atoms. The maximum Gasteiger partial charge on any atom is 0.240 e. The molecule has 0 unspecified atom stereocenters. The molecule has 0 fully saturated rings. The van der Waals surface area contributed by atoms with Gasteiger partial charge in [0.2, 0.25) is 5.88 Å². The highest BCUT2D eigenvalue weighted by Crippen LogP contribution is 2.30. The predicted molar refractivity (Wildman–Crippen MR) is 81.3 cm³/mol. The quantitative estimate of drug-likeness (QED) is 0.721. The Morgan fingerprint density at radius 3 is 2.67 bits per heavy atom. The molecule has 0 aliphatic rings. The van der Waals surface area contributed by atoms with Gasteiger partial charge >= 0.3 is 0 Å². The van der Waals surface area contributed by atoms with Crippen LogP contribution in [0.15, 0.2) is 30.3 Å². The zero-order valence-electron chi connectivity index (χ0n) is 11.7. The van der Waals surface area contributed by atoms with Crippen LogP contribution in [0.1, 0.15) is 16.8 Å². The van der Waals surface area contributed by atoms with E-state index in [9.17, 15) is 4.39 Å². The van der Waals surface area contributed by atoms with Crippen molar-refractivity contribution in [2.75, 3.05) is 0 Å². The van der Waals surface area contributed by atoms with Crippen LogP contribution in [0, 0.1) is 19.7 Å². The van der Waals surface area contributed by atoms with Crippen LogP contribution in [-0.4, -0.2) is 9.97 Å². The zero-order chi connectivity index (χ0) is 15.0. The monoisotopic (exact) mass is 304 g/mol. The number of benzene rings is 1. The molecule has 1 aromatic carbocycles. The number of aryl methyl sites for hydroxylation is 2. The Hall–Kier alpha value is -2.07. The van der Waals surface area contributed by atoms with Gasteiger partial charge in [0.05, 0.1) is 0 Å². The molecular formula is C16H14ClFN2O. The van der Waals surface area contributed by atoms with Crippen LogP contribution in [0.25, 0.3) is 10.9 Å². The van der Waals surface area contributed by atoms with Gasteiger partial charge in [-0.25, -0.2) is 4.39 Å². The lowest BCUT2D eigenvalue weighted by atomic mass is 10.2. The SMILES string of the molecule is Cc1[nH]c2c(OCc3ccc(F)cc3)nc(Cl)cc2c1C. The molecule has 2 heterocycles. The average molecular weight is 305 g/mol. The van der Waals surface area contributed by atoms with Gasteiger partial charge in [-0.15, -0.1) is 0 Å². The summed E-state index contributed by atoms with van der Waals surface area (Å²) in [6, 6.07) is 8.00. The number of ether oxygens (including phenoxy) is 1. The lowest BCUT2D eigenvalue weighted by Crippen LogP contribution is -1.98. The number of nitrogens with zero attached hydrogens (tertiary/aromatic N) is 1. The van der Waals surface area contributed by atoms with Gasteiger partial charge in [-0.3, -0.25) is 0 Å². The summed E-state index contributed by atoms with van der Waals surface area (Å²) in [5.41, 5.74) is 3.88. The van der Waals surface area contributed by atoms with Crippen LogP contribution in [-0.2, 0) is 6.61 Å². The second-order valence-corrected chi connectivity index (χ2v) is 5.35. The number of hydrogen-bond donors (Lipinski definition) is 1. The summed E-state index contributed by atoms with van der Waals surface area (Å²) >= 11 is 6.05. The van der Waals surface area contributed by atoms with E-state index < -0.39 is 0 Å².